The molecule has 4 rings (SSSR count). The number of thioether (sulfide) groups is 2. The highest BCUT2D eigenvalue weighted by Crippen LogP contribution is 2.37. The first kappa shape index (κ1) is 24.7. The highest BCUT2D eigenvalue weighted by Gasteiger charge is 2.20. The molecule has 1 N–H and O–H groups in total. The average Bonchev–Trinajstić information content (AvgIpc) is 3.07. The number of allylic oxidation sites excluding steroid dienone is 1. The Bertz CT molecular complexity index is 1270. The van der Waals surface area contributed by atoms with Gasteiger partial charge in [-0.25, -0.2) is 4.39 Å². The van der Waals surface area contributed by atoms with Crippen LogP contribution in [0.3, 0.4) is 0 Å². The van der Waals surface area contributed by atoms with Crippen molar-refractivity contribution in [1.29, 1.82) is 5.26 Å². The van der Waals surface area contributed by atoms with Crippen molar-refractivity contribution in [2.75, 3.05) is 5.75 Å². The van der Waals surface area contributed by atoms with Gasteiger partial charge in [-0.3, -0.25) is 4.79 Å². The van der Waals surface area contributed by atoms with Crippen molar-refractivity contribution >= 4 is 35.0 Å². The van der Waals surface area contributed by atoms with Gasteiger partial charge in [-0.1, -0.05) is 25.6 Å². The van der Waals surface area contributed by atoms with E-state index in [1.54, 1.807) is 47.9 Å². The molecule has 0 fully saturated rings. The van der Waals surface area contributed by atoms with Gasteiger partial charge in [0, 0.05) is 39.4 Å². The molecule has 0 saturated heterocycles. The SMILES string of the molecule is CC.Cc1c(CC(=O)O)c2ccc(C#N)cn2c1CC1=C(Sc2ccc(F)cc2)C=CSC1. The maximum atomic E-state index is 13.3. The number of carboxylic acids is 1. The number of pyridine rings is 1. The average molecular weight is 481 g/mol. The molecule has 0 spiro atoms. The van der Waals surface area contributed by atoms with Gasteiger partial charge in [0.05, 0.1) is 12.0 Å². The first-order valence-corrected chi connectivity index (χ1v) is 12.5. The van der Waals surface area contributed by atoms with Crippen molar-refractivity contribution in [1.82, 2.24) is 4.40 Å². The lowest BCUT2D eigenvalue weighted by molar-refractivity contribution is -0.136. The molecule has 0 bridgehead atoms. The molecular weight excluding hydrogens is 455 g/mol. The van der Waals surface area contributed by atoms with Crippen LogP contribution in [0.4, 0.5) is 4.39 Å². The number of hydrogen-bond acceptors (Lipinski definition) is 4. The van der Waals surface area contributed by atoms with E-state index in [4.69, 9.17) is 0 Å². The number of benzene rings is 1. The molecule has 33 heavy (non-hydrogen) atoms. The Morgan fingerprint density at radius 2 is 1.97 bits per heavy atom. The van der Waals surface area contributed by atoms with Crippen molar-refractivity contribution in [3.63, 3.8) is 0 Å². The van der Waals surface area contributed by atoms with Crippen LogP contribution < -0.4 is 0 Å². The number of hydrogen-bond donors (Lipinski definition) is 1. The Morgan fingerprint density at radius 1 is 1.24 bits per heavy atom. The van der Waals surface area contributed by atoms with Gasteiger partial charge < -0.3 is 9.51 Å². The predicted molar refractivity (Wildman–Crippen MR) is 134 cm³/mol. The topological polar surface area (TPSA) is 65.5 Å². The number of rotatable bonds is 6. The van der Waals surface area contributed by atoms with Gasteiger partial charge >= 0.3 is 5.97 Å². The maximum Gasteiger partial charge on any atom is 0.307 e. The van der Waals surface area contributed by atoms with Crippen molar-refractivity contribution in [2.24, 2.45) is 0 Å². The van der Waals surface area contributed by atoms with Crippen LogP contribution in [0.5, 0.6) is 0 Å². The van der Waals surface area contributed by atoms with Crippen LogP contribution in [0.2, 0.25) is 0 Å². The van der Waals surface area contributed by atoms with E-state index in [9.17, 15) is 19.6 Å². The van der Waals surface area contributed by atoms with E-state index in [-0.39, 0.29) is 12.2 Å². The van der Waals surface area contributed by atoms with Crippen molar-refractivity contribution in [3.05, 3.63) is 92.8 Å². The lowest BCUT2D eigenvalue weighted by atomic mass is 10.0. The Morgan fingerprint density at radius 3 is 2.64 bits per heavy atom. The van der Waals surface area contributed by atoms with Crippen LogP contribution in [0, 0.1) is 24.1 Å². The first-order valence-electron chi connectivity index (χ1n) is 10.6. The summed E-state index contributed by atoms with van der Waals surface area (Å²) in [6.07, 6.45) is 4.43. The fourth-order valence-corrected chi connectivity index (χ4v) is 5.61. The predicted octanol–water partition coefficient (Wildman–Crippen LogP) is 6.76. The molecule has 170 valence electrons. The highest BCUT2D eigenvalue weighted by molar-refractivity contribution is 8.04. The lowest BCUT2D eigenvalue weighted by Crippen LogP contribution is -2.04. The first-order chi connectivity index (χ1) is 16.0. The molecular formula is C26H25FN2O2S2. The normalized spacial score (nSPS) is 12.9. The van der Waals surface area contributed by atoms with Crippen molar-refractivity contribution in [2.45, 2.75) is 38.5 Å². The van der Waals surface area contributed by atoms with Gasteiger partial charge in [0.2, 0.25) is 0 Å². The summed E-state index contributed by atoms with van der Waals surface area (Å²) in [7, 11) is 0. The number of nitriles is 1. The second kappa shape index (κ2) is 11.3. The van der Waals surface area contributed by atoms with Gasteiger partial charge in [0.1, 0.15) is 11.9 Å². The fraction of sp³-hybridized carbons (Fsp3) is 0.231. The maximum absolute atomic E-state index is 13.3. The van der Waals surface area contributed by atoms with E-state index in [2.05, 4.69) is 17.6 Å². The number of fused-ring (bicyclic) bond motifs is 1. The zero-order chi connectivity index (χ0) is 24.0. The van der Waals surface area contributed by atoms with Gasteiger partial charge in [-0.05, 0) is 71.5 Å². The molecule has 1 aliphatic heterocycles. The van der Waals surface area contributed by atoms with E-state index in [0.717, 1.165) is 37.9 Å². The third-order valence-electron chi connectivity index (χ3n) is 5.24. The molecule has 0 saturated carbocycles. The Kier molecular flexibility index (Phi) is 8.43. The van der Waals surface area contributed by atoms with Crippen LogP contribution in [0.15, 0.2) is 69.5 Å². The number of halogens is 1. The molecule has 3 heterocycles. The Balaban J connectivity index is 0.00000149. The fourth-order valence-electron chi connectivity index (χ4n) is 3.70. The second-order valence-corrected chi connectivity index (χ2v) is 9.23. The van der Waals surface area contributed by atoms with Gasteiger partial charge in [-0.2, -0.15) is 5.26 Å². The lowest BCUT2D eigenvalue weighted by Gasteiger charge is -2.16. The smallest absolute Gasteiger partial charge is 0.307 e. The van der Waals surface area contributed by atoms with E-state index < -0.39 is 5.97 Å². The number of nitrogens with zero attached hydrogens (tertiary/aromatic N) is 2. The van der Waals surface area contributed by atoms with E-state index in [0.29, 0.717) is 12.0 Å². The zero-order valence-electron chi connectivity index (χ0n) is 18.8. The standard InChI is InChI=1S/C24H19FN2O2S2.C2H6/c1-15-20(11-24(28)29)21-7-2-16(12-26)13-27(21)22(15)10-17-14-30-9-8-23(17)31-19-5-3-18(25)4-6-19;1-2/h2-9,13H,10-11,14H2,1H3,(H,28,29);1-2H3. The minimum Gasteiger partial charge on any atom is -0.481 e. The third kappa shape index (κ3) is 5.70. The molecule has 2 aromatic heterocycles. The molecule has 4 nitrogen and oxygen atoms in total. The van der Waals surface area contributed by atoms with E-state index in [1.165, 1.54) is 17.7 Å². The summed E-state index contributed by atoms with van der Waals surface area (Å²) in [6.45, 7) is 5.95. The second-order valence-electron chi connectivity index (χ2n) is 7.22. The molecule has 1 aromatic carbocycles. The number of aliphatic carboxylic acids is 1. The molecule has 0 atom stereocenters. The summed E-state index contributed by atoms with van der Waals surface area (Å²) in [6, 6.07) is 12.2. The minimum absolute atomic E-state index is 0.0634. The largest absolute Gasteiger partial charge is 0.481 e. The van der Waals surface area contributed by atoms with Crippen LogP contribution in [0.25, 0.3) is 5.52 Å². The Labute approximate surface area is 201 Å². The summed E-state index contributed by atoms with van der Waals surface area (Å²) < 4.78 is 15.2. The summed E-state index contributed by atoms with van der Waals surface area (Å²) in [4.78, 5) is 13.5. The summed E-state index contributed by atoms with van der Waals surface area (Å²) >= 11 is 3.30. The zero-order valence-corrected chi connectivity index (χ0v) is 20.4. The van der Waals surface area contributed by atoms with Gasteiger partial charge in [0.25, 0.3) is 0 Å². The number of carbonyl (C=O) groups is 1. The van der Waals surface area contributed by atoms with Gasteiger partial charge in [0.15, 0.2) is 0 Å². The summed E-state index contributed by atoms with van der Waals surface area (Å²) in [5.41, 5.74) is 5.27. The molecule has 7 heteroatoms. The summed E-state index contributed by atoms with van der Waals surface area (Å²) in [5.74, 6) is -0.323. The van der Waals surface area contributed by atoms with Crippen LogP contribution in [0.1, 0.15) is 36.2 Å². The van der Waals surface area contributed by atoms with Crippen molar-refractivity contribution < 1.29 is 14.3 Å². The monoisotopic (exact) mass is 480 g/mol. The quantitative estimate of drug-likeness (QED) is 0.422. The van der Waals surface area contributed by atoms with E-state index >= 15 is 0 Å². The van der Waals surface area contributed by atoms with Crippen LogP contribution in [-0.2, 0) is 17.6 Å². The number of carboxylic acid groups (broad SMARTS) is 1. The van der Waals surface area contributed by atoms with Gasteiger partial charge in [-0.15, -0.1) is 11.8 Å². The molecule has 3 aromatic rings. The molecule has 1 aliphatic rings. The molecule has 0 aliphatic carbocycles. The molecule has 0 amide bonds. The van der Waals surface area contributed by atoms with Crippen LogP contribution in [-0.4, -0.2) is 21.2 Å². The Hall–Kier alpha value is -2.95. The summed E-state index contributed by atoms with van der Waals surface area (Å²) in [5, 5.41) is 20.8. The van der Waals surface area contributed by atoms with Crippen molar-refractivity contribution in [3.8, 4) is 6.07 Å². The number of aromatic nitrogens is 1. The third-order valence-corrected chi connectivity index (χ3v) is 7.23. The van der Waals surface area contributed by atoms with E-state index in [1.807, 2.05) is 31.2 Å². The van der Waals surface area contributed by atoms with Crippen LogP contribution >= 0.6 is 23.5 Å². The minimum atomic E-state index is -0.880. The molecule has 0 unspecified atom stereocenters. The highest BCUT2D eigenvalue weighted by atomic mass is 32.2. The molecule has 0 radical (unpaired) electrons.